The molecule has 0 atom stereocenters. The molecule has 1 amide bonds. The Hall–Kier alpha value is -2.48. The molecular formula is C17H13Cl3N2O5. The summed E-state index contributed by atoms with van der Waals surface area (Å²) in [6, 6.07) is 9.26. The van der Waals surface area contributed by atoms with Crippen molar-refractivity contribution >= 4 is 52.9 Å². The van der Waals surface area contributed by atoms with Gasteiger partial charge in [-0.1, -0.05) is 34.8 Å². The van der Waals surface area contributed by atoms with Crippen LogP contribution in [0.5, 0.6) is 11.5 Å². The minimum absolute atomic E-state index is 0.215. The summed E-state index contributed by atoms with van der Waals surface area (Å²) in [5.74, 6) is -1.05. The van der Waals surface area contributed by atoms with Gasteiger partial charge in [-0.2, -0.15) is 5.10 Å². The second kappa shape index (κ2) is 10.0. The number of carbonyl (C=O) groups excluding carboxylic acids is 1. The second-order valence-electron chi connectivity index (χ2n) is 5.03. The zero-order valence-electron chi connectivity index (χ0n) is 13.6. The summed E-state index contributed by atoms with van der Waals surface area (Å²) in [6.45, 7) is -0.789. The van der Waals surface area contributed by atoms with Crippen LogP contribution in [0, 0.1) is 0 Å². The van der Waals surface area contributed by atoms with Crippen molar-refractivity contribution in [2.45, 2.75) is 0 Å². The molecule has 0 aliphatic carbocycles. The lowest BCUT2D eigenvalue weighted by molar-refractivity contribution is -0.139. The van der Waals surface area contributed by atoms with Crippen LogP contribution in [-0.4, -0.2) is 36.4 Å². The molecule has 2 aromatic carbocycles. The highest BCUT2D eigenvalue weighted by Crippen LogP contribution is 2.27. The third-order valence-corrected chi connectivity index (χ3v) is 3.79. The topological polar surface area (TPSA) is 97.2 Å². The molecule has 0 aromatic heterocycles. The van der Waals surface area contributed by atoms with Crippen molar-refractivity contribution in [3.8, 4) is 11.5 Å². The van der Waals surface area contributed by atoms with Gasteiger partial charge in [-0.15, -0.1) is 0 Å². The van der Waals surface area contributed by atoms with Gasteiger partial charge in [0.15, 0.2) is 13.2 Å². The van der Waals surface area contributed by atoms with Crippen molar-refractivity contribution in [3.63, 3.8) is 0 Å². The molecule has 0 unspecified atom stereocenters. The summed E-state index contributed by atoms with van der Waals surface area (Å²) in [4.78, 5) is 22.2. The Morgan fingerprint density at radius 2 is 1.63 bits per heavy atom. The highest BCUT2D eigenvalue weighted by Gasteiger charge is 2.07. The number of rotatable bonds is 8. The predicted octanol–water partition coefficient (Wildman–Crippen LogP) is 3.64. The van der Waals surface area contributed by atoms with E-state index in [1.165, 1.54) is 24.4 Å². The first kappa shape index (κ1) is 20.8. The van der Waals surface area contributed by atoms with Crippen LogP contribution in [0.25, 0.3) is 0 Å². The molecule has 0 heterocycles. The van der Waals surface area contributed by atoms with Gasteiger partial charge in [0.2, 0.25) is 0 Å². The molecule has 0 saturated carbocycles. The summed E-state index contributed by atoms with van der Waals surface area (Å²) in [5.41, 5.74) is 2.86. The van der Waals surface area contributed by atoms with Crippen molar-refractivity contribution in [3.05, 3.63) is 57.0 Å². The van der Waals surface area contributed by atoms with Gasteiger partial charge >= 0.3 is 5.97 Å². The van der Waals surface area contributed by atoms with Gasteiger partial charge in [0, 0.05) is 5.02 Å². The number of carboxylic acid groups (broad SMARTS) is 1. The first-order chi connectivity index (χ1) is 12.8. The smallest absolute Gasteiger partial charge is 0.341 e. The molecule has 2 aromatic rings. The number of aliphatic carboxylic acids is 1. The van der Waals surface area contributed by atoms with Crippen molar-refractivity contribution in [1.82, 2.24) is 5.43 Å². The maximum atomic E-state index is 11.7. The van der Waals surface area contributed by atoms with Gasteiger partial charge in [0.05, 0.1) is 16.3 Å². The lowest BCUT2D eigenvalue weighted by Gasteiger charge is -2.07. The van der Waals surface area contributed by atoms with E-state index < -0.39 is 18.5 Å². The van der Waals surface area contributed by atoms with Crippen molar-refractivity contribution < 1.29 is 24.2 Å². The quantitative estimate of drug-likeness (QED) is 0.491. The Balaban J connectivity index is 1.84. The molecule has 0 spiro atoms. The molecule has 0 aliphatic rings. The summed E-state index contributed by atoms with van der Waals surface area (Å²) >= 11 is 17.7. The largest absolute Gasteiger partial charge is 0.482 e. The number of ether oxygens (including phenoxy) is 2. The summed E-state index contributed by atoms with van der Waals surface area (Å²) in [7, 11) is 0. The highest BCUT2D eigenvalue weighted by molar-refractivity contribution is 6.35. The minimum Gasteiger partial charge on any atom is -0.482 e. The first-order valence-electron chi connectivity index (χ1n) is 7.39. The van der Waals surface area contributed by atoms with E-state index in [1.54, 1.807) is 18.2 Å². The Bertz CT molecular complexity index is 874. The van der Waals surface area contributed by atoms with Gasteiger partial charge in [-0.3, -0.25) is 4.79 Å². The number of benzene rings is 2. The van der Waals surface area contributed by atoms with Crippen LogP contribution in [0.4, 0.5) is 0 Å². The van der Waals surface area contributed by atoms with Gasteiger partial charge < -0.3 is 14.6 Å². The summed E-state index contributed by atoms with van der Waals surface area (Å²) in [6.07, 6.45) is 1.36. The first-order valence-corrected chi connectivity index (χ1v) is 8.52. The number of hydrogen-bond acceptors (Lipinski definition) is 5. The van der Waals surface area contributed by atoms with Gasteiger partial charge in [-0.25, -0.2) is 10.2 Å². The van der Waals surface area contributed by atoms with E-state index in [2.05, 4.69) is 10.5 Å². The fraction of sp³-hybridized carbons (Fsp3) is 0.118. The van der Waals surface area contributed by atoms with Gasteiger partial charge in [0.1, 0.15) is 11.5 Å². The van der Waals surface area contributed by atoms with Gasteiger partial charge in [-0.05, 0) is 42.0 Å². The summed E-state index contributed by atoms with van der Waals surface area (Å²) in [5, 5.41) is 13.3. The number of nitrogens with zero attached hydrogens (tertiary/aromatic N) is 1. The Morgan fingerprint density at radius 3 is 2.26 bits per heavy atom. The van der Waals surface area contributed by atoms with E-state index >= 15 is 0 Å². The molecule has 2 N–H and O–H groups in total. The van der Waals surface area contributed by atoms with Gasteiger partial charge in [0.25, 0.3) is 5.91 Å². The number of hydrogen-bond donors (Lipinski definition) is 2. The third-order valence-electron chi connectivity index (χ3n) is 2.96. The maximum Gasteiger partial charge on any atom is 0.341 e. The lowest BCUT2D eigenvalue weighted by atomic mass is 10.2. The predicted molar refractivity (Wildman–Crippen MR) is 102 cm³/mol. The number of carbonyl (C=O) groups is 2. The number of halogens is 3. The van der Waals surface area contributed by atoms with E-state index in [0.29, 0.717) is 21.4 Å². The maximum absolute atomic E-state index is 11.7. The number of carboxylic acids is 1. The van der Waals surface area contributed by atoms with E-state index in [-0.39, 0.29) is 17.4 Å². The molecule has 27 heavy (non-hydrogen) atoms. The van der Waals surface area contributed by atoms with E-state index in [0.717, 1.165) is 0 Å². The van der Waals surface area contributed by atoms with Crippen molar-refractivity contribution in [1.29, 1.82) is 0 Å². The SMILES string of the molecule is O=C(O)COc1ccc(/C=N\NC(=O)COc2ccc(Cl)cc2Cl)cc1Cl. The van der Waals surface area contributed by atoms with Crippen LogP contribution in [0.1, 0.15) is 5.56 Å². The molecular weight excluding hydrogens is 419 g/mol. The Labute approximate surface area is 169 Å². The van der Waals surface area contributed by atoms with E-state index in [9.17, 15) is 9.59 Å². The van der Waals surface area contributed by atoms with Crippen LogP contribution in [0.2, 0.25) is 15.1 Å². The van der Waals surface area contributed by atoms with Crippen LogP contribution >= 0.6 is 34.8 Å². The van der Waals surface area contributed by atoms with Crippen molar-refractivity contribution in [2.75, 3.05) is 13.2 Å². The Morgan fingerprint density at radius 1 is 1.00 bits per heavy atom. The third kappa shape index (κ3) is 6.97. The molecule has 7 nitrogen and oxygen atoms in total. The van der Waals surface area contributed by atoms with Crippen molar-refractivity contribution in [2.24, 2.45) is 5.10 Å². The van der Waals surface area contributed by atoms with Crippen LogP contribution in [0.3, 0.4) is 0 Å². The fourth-order valence-corrected chi connectivity index (χ4v) is 2.51. The molecule has 0 saturated heterocycles. The van der Waals surface area contributed by atoms with Crippen LogP contribution in [-0.2, 0) is 9.59 Å². The minimum atomic E-state index is -1.11. The molecule has 10 heteroatoms. The van der Waals surface area contributed by atoms with Crippen LogP contribution in [0.15, 0.2) is 41.5 Å². The number of amides is 1. The van der Waals surface area contributed by atoms with E-state index in [1.807, 2.05) is 0 Å². The molecule has 0 radical (unpaired) electrons. The number of hydrazone groups is 1. The standard InChI is InChI=1S/C17H13Cl3N2O5/c18-11-2-4-15(13(20)6-11)26-8-16(23)22-21-7-10-1-3-14(12(19)5-10)27-9-17(24)25/h1-7H,8-9H2,(H,22,23)(H,24,25)/b21-7-. The zero-order chi connectivity index (χ0) is 19.8. The summed E-state index contributed by atoms with van der Waals surface area (Å²) < 4.78 is 10.3. The molecule has 0 aliphatic heterocycles. The zero-order valence-corrected chi connectivity index (χ0v) is 15.9. The average molecular weight is 432 g/mol. The monoisotopic (exact) mass is 430 g/mol. The Kier molecular flexibility index (Phi) is 7.72. The van der Waals surface area contributed by atoms with E-state index in [4.69, 9.17) is 49.4 Å². The normalized spacial score (nSPS) is 10.6. The van der Waals surface area contributed by atoms with Crippen LogP contribution < -0.4 is 14.9 Å². The molecule has 2 rings (SSSR count). The molecule has 0 bridgehead atoms. The lowest BCUT2D eigenvalue weighted by Crippen LogP contribution is -2.24. The average Bonchev–Trinajstić information content (AvgIpc) is 2.60. The molecule has 142 valence electrons. The fourth-order valence-electron chi connectivity index (χ4n) is 1.80. The second-order valence-corrected chi connectivity index (χ2v) is 6.28. The molecule has 0 fully saturated rings. The highest BCUT2D eigenvalue weighted by atomic mass is 35.5. The number of nitrogens with one attached hydrogen (secondary N) is 1.